The second-order valence-electron chi connectivity index (χ2n) is 5.23. The van der Waals surface area contributed by atoms with E-state index in [9.17, 15) is 9.90 Å². The monoisotopic (exact) mass is 277 g/mol. The molecule has 2 rings (SSSR count). The molecular weight excluding hydrogens is 254 g/mol. The van der Waals surface area contributed by atoms with Crippen LogP contribution in [0.15, 0.2) is 18.2 Å². The number of piperazine rings is 1. The molecule has 20 heavy (non-hydrogen) atoms. The van der Waals surface area contributed by atoms with Gasteiger partial charge in [0.25, 0.3) is 5.91 Å². The number of phenolic OH excluding ortho intramolecular Hbond substituents is 1. The molecule has 1 aromatic carbocycles. The lowest BCUT2D eigenvalue weighted by Gasteiger charge is -2.35. The minimum Gasteiger partial charge on any atom is -0.508 e. The molecule has 0 unspecified atom stereocenters. The Balaban J connectivity index is 1.96. The van der Waals surface area contributed by atoms with Crippen LogP contribution in [-0.4, -0.2) is 60.1 Å². The SMILES string of the molecule is Cc1c(O)cccc1C(=O)N1CCN(CCCN)CC1. The van der Waals surface area contributed by atoms with E-state index in [2.05, 4.69) is 4.90 Å². The maximum Gasteiger partial charge on any atom is 0.254 e. The molecule has 1 saturated heterocycles. The minimum atomic E-state index is 0.0110. The van der Waals surface area contributed by atoms with Crippen molar-refractivity contribution < 1.29 is 9.90 Å². The van der Waals surface area contributed by atoms with E-state index in [1.165, 1.54) is 0 Å². The third-order valence-electron chi connectivity index (χ3n) is 3.87. The molecule has 1 heterocycles. The van der Waals surface area contributed by atoms with Gasteiger partial charge in [0.2, 0.25) is 0 Å². The highest BCUT2D eigenvalue weighted by molar-refractivity contribution is 5.96. The molecule has 0 radical (unpaired) electrons. The zero-order valence-electron chi connectivity index (χ0n) is 12.0. The van der Waals surface area contributed by atoms with Crippen molar-refractivity contribution in [1.29, 1.82) is 0 Å². The Kier molecular flexibility index (Phi) is 4.98. The Morgan fingerprint density at radius 2 is 2.00 bits per heavy atom. The first-order chi connectivity index (χ1) is 9.63. The highest BCUT2D eigenvalue weighted by Crippen LogP contribution is 2.21. The quantitative estimate of drug-likeness (QED) is 0.854. The van der Waals surface area contributed by atoms with Gasteiger partial charge in [-0.3, -0.25) is 9.69 Å². The number of hydrogen-bond acceptors (Lipinski definition) is 4. The molecule has 0 aromatic heterocycles. The molecule has 0 aliphatic carbocycles. The average Bonchev–Trinajstić information content (AvgIpc) is 2.48. The molecular formula is C15H23N3O2. The van der Waals surface area contributed by atoms with Crippen molar-refractivity contribution in [2.24, 2.45) is 5.73 Å². The Morgan fingerprint density at radius 1 is 1.30 bits per heavy atom. The number of rotatable bonds is 4. The van der Waals surface area contributed by atoms with Gasteiger partial charge in [-0.15, -0.1) is 0 Å². The molecule has 1 amide bonds. The maximum atomic E-state index is 12.5. The first kappa shape index (κ1) is 14.8. The van der Waals surface area contributed by atoms with Crippen LogP contribution in [0.25, 0.3) is 0 Å². The van der Waals surface area contributed by atoms with Crippen LogP contribution < -0.4 is 5.73 Å². The van der Waals surface area contributed by atoms with Crippen molar-refractivity contribution >= 4 is 5.91 Å². The van der Waals surface area contributed by atoms with Crippen molar-refractivity contribution in [2.45, 2.75) is 13.3 Å². The zero-order chi connectivity index (χ0) is 14.5. The third-order valence-corrected chi connectivity index (χ3v) is 3.87. The molecule has 0 spiro atoms. The lowest BCUT2D eigenvalue weighted by Crippen LogP contribution is -2.49. The maximum absolute atomic E-state index is 12.5. The van der Waals surface area contributed by atoms with Crippen LogP contribution in [0.3, 0.4) is 0 Å². The van der Waals surface area contributed by atoms with E-state index in [4.69, 9.17) is 5.73 Å². The van der Waals surface area contributed by atoms with E-state index in [1.54, 1.807) is 25.1 Å². The summed E-state index contributed by atoms with van der Waals surface area (Å²) in [6.07, 6.45) is 1.000. The van der Waals surface area contributed by atoms with Crippen LogP contribution in [0.5, 0.6) is 5.75 Å². The zero-order valence-corrected chi connectivity index (χ0v) is 12.0. The molecule has 5 nitrogen and oxygen atoms in total. The Labute approximate surface area is 120 Å². The smallest absolute Gasteiger partial charge is 0.254 e. The van der Waals surface area contributed by atoms with Gasteiger partial charge >= 0.3 is 0 Å². The van der Waals surface area contributed by atoms with Crippen LogP contribution >= 0.6 is 0 Å². The minimum absolute atomic E-state index is 0.0110. The van der Waals surface area contributed by atoms with Gasteiger partial charge < -0.3 is 15.7 Å². The fourth-order valence-electron chi connectivity index (χ4n) is 2.51. The molecule has 0 atom stereocenters. The summed E-state index contributed by atoms with van der Waals surface area (Å²) in [4.78, 5) is 16.7. The molecule has 3 N–H and O–H groups in total. The number of hydrogen-bond donors (Lipinski definition) is 2. The van der Waals surface area contributed by atoms with Crippen molar-refractivity contribution in [3.63, 3.8) is 0 Å². The lowest BCUT2D eigenvalue weighted by molar-refractivity contribution is 0.0635. The topological polar surface area (TPSA) is 69.8 Å². The number of nitrogens with zero attached hydrogens (tertiary/aromatic N) is 2. The molecule has 110 valence electrons. The van der Waals surface area contributed by atoms with Gasteiger partial charge in [-0.05, 0) is 38.6 Å². The fourth-order valence-corrected chi connectivity index (χ4v) is 2.51. The number of nitrogens with two attached hydrogens (primary N) is 1. The highest BCUT2D eigenvalue weighted by Gasteiger charge is 2.23. The summed E-state index contributed by atoms with van der Waals surface area (Å²) in [5.74, 6) is 0.189. The predicted molar refractivity (Wildman–Crippen MR) is 78.9 cm³/mol. The van der Waals surface area contributed by atoms with Crippen LogP contribution in [0.2, 0.25) is 0 Å². The number of benzene rings is 1. The van der Waals surface area contributed by atoms with E-state index in [0.717, 1.165) is 39.1 Å². The first-order valence-corrected chi connectivity index (χ1v) is 7.13. The van der Waals surface area contributed by atoms with Crippen molar-refractivity contribution in [2.75, 3.05) is 39.3 Å². The number of carbonyl (C=O) groups excluding carboxylic acids is 1. The van der Waals surface area contributed by atoms with Crippen molar-refractivity contribution in [3.8, 4) is 5.75 Å². The number of carbonyl (C=O) groups is 1. The van der Waals surface area contributed by atoms with E-state index < -0.39 is 0 Å². The highest BCUT2D eigenvalue weighted by atomic mass is 16.3. The molecule has 1 aliphatic rings. The van der Waals surface area contributed by atoms with Crippen LogP contribution in [0.1, 0.15) is 22.3 Å². The Hall–Kier alpha value is -1.59. The second-order valence-corrected chi connectivity index (χ2v) is 5.23. The number of aromatic hydroxyl groups is 1. The summed E-state index contributed by atoms with van der Waals surface area (Å²) in [7, 11) is 0. The molecule has 5 heteroatoms. The second kappa shape index (κ2) is 6.72. The summed E-state index contributed by atoms with van der Waals surface area (Å²) in [6.45, 7) is 6.75. The van der Waals surface area contributed by atoms with Gasteiger partial charge in [-0.25, -0.2) is 0 Å². The first-order valence-electron chi connectivity index (χ1n) is 7.13. The predicted octanol–water partition coefficient (Wildman–Crippen LogP) is 0.807. The van der Waals surface area contributed by atoms with Crippen molar-refractivity contribution in [3.05, 3.63) is 29.3 Å². The van der Waals surface area contributed by atoms with E-state index >= 15 is 0 Å². The summed E-state index contributed by atoms with van der Waals surface area (Å²) >= 11 is 0. The molecule has 0 bridgehead atoms. The van der Waals surface area contributed by atoms with Gasteiger partial charge in [0, 0.05) is 37.3 Å². The van der Waals surface area contributed by atoms with E-state index in [-0.39, 0.29) is 11.7 Å². The van der Waals surface area contributed by atoms with Gasteiger partial charge in [-0.1, -0.05) is 6.07 Å². The summed E-state index contributed by atoms with van der Waals surface area (Å²) in [5, 5.41) is 9.70. The van der Waals surface area contributed by atoms with Crippen LogP contribution in [0.4, 0.5) is 0 Å². The van der Waals surface area contributed by atoms with Gasteiger partial charge in [-0.2, -0.15) is 0 Å². The summed E-state index contributed by atoms with van der Waals surface area (Å²) in [5.41, 5.74) is 6.77. The van der Waals surface area contributed by atoms with Crippen LogP contribution in [0, 0.1) is 6.92 Å². The average molecular weight is 277 g/mol. The number of amides is 1. The summed E-state index contributed by atoms with van der Waals surface area (Å²) < 4.78 is 0. The largest absolute Gasteiger partial charge is 0.508 e. The standard InChI is InChI=1S/C15H23N3O2/c1-12-13(4-2-5-14(12)19)15(20)18-10-8-17(9-11-18)7-3-6-16/h2,4-5,19H,3,6-11,16H2,1H3. The van der Waals surface area contributed by atoms with Gasteiger partial charge in [0.05, 0.1) is 0 Å². The normalized spacial score (nSPS) is 16.4. The summed E-state index contributed by atoms with van der Waals surface area (Å²) in [6, 6.07) is 5.10. The van der Waals surface area contributed by atoms with Gasteiger partial charge in [0.15, 0.2) is 0 Å². The lowest BCUT2D eigenvalue weighted by atomic mass is 10.1. The molecule has 1 aliphatic heterocycles. The van der Waals surface area contributed by atoms with E-state index in [0.29, 0.717) is 17.7 Å². The van der Waals surface area contributed by atoms with Crippen LogP contribution in [-0.2, 0) is 0 Å². The number of phenols is 1. The Bertz CT molecular complexity index is 468. The molecule has 1 aromatic rings. The Morgan fingerprint density at radius 3 is 2.65 bits per heavy atom. The van der Waals surface area contributed by atoms with E-state index in [1.807, 2.05) is 4.90 Å². The molecule has 1 fully saturated rings. The van der Waals surface area contributed by atoms with Crippen molar-refractivity contribution in [1.82, 2.24) is 9.80 Å². The third kappa shape index (κ3) is 3.29. The van der Waals surface area contributed by atoms with Gasteiger partial charge in [0.1, 0.15) is 5.75 Å². The molecule has 0 saturated carbocycles. The fraction of sp³-hybridized carbons (Fsp3) is 0.533.